The summed E-state index contributed by atoms with van der Waals surface area (Å²) in [6, 6.07) is 11.3. The SMILES string of the molecule is Cc1ccc2c(c1)N(C(=O)c1ccc(F)cc1)CCO2. The van der Waals surface area contributed by atoms with Gasteiger partial charge in [0.1, 0.15) is 18.2 Å². The summed E-state index contributed by atoms with van der Waals surface area (Å²) in [5.41, 5.74) is 2.30. The fraction of sp³-hybridized carbons (Fsp3) is 0.188. The van der Waals surface area contributed by atoms with Crippen molar-refractivity contribution in [3.8, 4) is 5.75 Å². The third-order valence-corrected chi connectivity index (χ3v) is 3.31. The van der Waals surface area contributed by atoms with E-state index in [2.05, 4.69) is 0 Å². The van der Waals surface area contributed by atoms with Crippen LogP contribution in [0.1, 0.15) is 15.9 Å². The Morgan fingerprint density at radius 1 is 1.20 bits per heavy atom. The Hall–Kier alpha value is -2.36. The predicted molar refractivity (Wildman–Crippen MR) is 74.8 cm³/mol. The van der Waals surface area contributed by atoms with Crippen LogP contribution in [0.5, 0.6) is 5.75 Å². The van der Waals surface area contributed by atoms with Crippen LogP contribution in [-0.4, -0.2) is 19.1 Å². The lowest BCUT2D eigenvalue weighted by molar-refractivity contribution is 0.0976. The highest BCUT2D eigenvalue weighted by molar-refractivity contribution is 6.07. The second-order valence-electron chi connectivity index (χ2n) is 4.78. The Morgan fingerprint density at radius 3 is 2.70 bits per heavy atom. The van der Waals surface area contributed by atoms with Crippen LogP contribution < -0.4 is 9.64 Å². The molecule has 0 atom stereocenters. The van der Waals surface area contributed by atoms with Crippen molar-refractivity contribution in [3.63, 3.8) is 0 Å². The Balaban J connectivity index is 1.97. The molecule has 3 nitrogen and oxygen atoms in total. The molecule has 0 bridgehead atoms. The molecule has 0 fully saturated rings. The van der Waals surface area contributed by atoms with Gasteiger partial charge in [0.25, 0.3) is 5.91 Å². The number of aryl methyl sites for hydroxylation is 1. The number of carbonyl (C=O) groups is 1. The van der Waals surface area contributed by atoms with Crippen LogP contribution in [0, 0.1) is 12.7 Å². The molecule has 1 amide bonds. The lowest BCUT2D eigenvalue weighted by Gasteiger charge is -2.30. The first-order valence-corrected chi connectivity index (χ1v) is 6.46. The number of ether oxygens (including phenoxy) is 1. The maximum atomic E-state index is 12.9. The molecule has 0 radical (unpaired) electrons. The quantitative estimate of drug-likeness (QED) is 0.797. The third-order valence-electron chi connectivity index (χ3n) is 3.31. The number of fused-ring (bicyclic) bond motifs is 1. The fourth-order valence-electron chi connectivity index (χ4n) is 2.29. The molecule has 0 saturated heterocycles. The van der Waals surface area contributed by atoms with Gasteiger partial charge in [-0.1, -0.05) is 6.07 Å². The molecule has 4 heteroatoms. The summed E-state index contributed by atoms with van der Waals surface area (Å²) in [6.07, 6.45) is 0. The molecule has 0 aromatic heterocycles. The van der Waals surface area contributed by atoms with Crippen LogP contribution in [0.3, 0.4) is 0 Å². The summed E-state index contributed by atoms with van der Waals surface area (Å²) in [4.78, 5) is 14.2. The molecule has 0 unspecified atom stereocenters. The van der Waals surface area contributed by atoms with E-state index in [4.69, 9.17) is 4.74 Å². The van der Waals surface area contributed by atoms with Crippen molar-refractivity contribution in [2.75, 3.05) is 18.1 Å². The van der Waals surface area contributed by atoms with Gasteiger partial charge in [-0.3, -0.25) is 4.79 Å². The van der Waals surface area contributed by atoms with Crippen molar-refractivity contribution in [1.82, 2.24) is 0 Å². The lowest BCUT2D eigenvalue weighted by atomic mass is 10.1. The Morgan fingerprint density at radius 2 is 1.95 bits per heavy atom. The first kappa shape index (κ1) is 12.7. The number of anilines is 1. The molecular weight excluding hydrogens is 257 g/mol. The van der Waals surface area contributed by atoms with E-state index in [9.17, 15) is 9.18 Å². The van der Waals surface area contributed by atoms with Crippen LogP contribution in [0.25, 0.3) is 0 Å². The van der Waals surface area contributed by atoms with Crippen LogP contribution >= 0.6 is 0 Å². The van der Waals surface area contributed by atoms with Crippen LogP contribution in [0.2, 0.25) is 0 Å². The molecular formula is C16H14FNO2. The summed E-state index contributed by atoms with van der Waals surface area (Å²) in [7, 11) is 0. The number of benzene rings is 2. The second kappa shape index (κ2) is 4.96. The maximum Gasteiger partial charge on any atom is 0.258 e. The van der Waals surface area contributed by atoms with Crippen molar-refractivity contribution in [2.24, 2.45) is 0 Å². The Kier molecular flexibility index (Phi) is 3.14. The average Bonchev–Trinajstić information content (AvgIpc) is 2.46. The topological polar surface area (TPSA) is 29.5 Å². The minimum Gasteiger partial charge on any atom is -0.490 e. The average molecular weight is 271 g/mol. The molecule has 1 aliphatic rings. The van der Waals surface area contributed by atoms with E-state index in [1.54, 1.807) is 4.90 Å². The number of nitrogens with zero attached hydrogens (tertiary/aromatic N) is 1. The van der Waals surface area contributed by atoms with E-state index in [-0.39, 0.29) is 11.7 Å². The minimum absolute atomic E-state index is 0.139. The number of hydrogen-bond acceptors (Lipinski definition) is 2. The van der Waals surface area contributed by atoms with E-state index >= 15 is 0 Å². The zero-order valence-corrected chi connectivity index (χ0v) is 11.1. The number of amides is 1. The largest absolute Gasteiger partial charge is 0.490 e. The zero-order valence-electron chi connectivity index (χ0n) is 11.1. The van der Waals surface area contributed by atoms with Gasteiger partial charge in [0.2, 0.25) is 0 Å². The van der Waals surface area contributed by atoms with Gasteiger partial charge >= 0.3 is 0 Å². The van der Waals surface area contributed by atoms with Crippen molar-refractivity contribution >= 4 is 11.6 Å². The Labute approximate surface area is 116 Å². The molecule has 0 saturated carbocycles. The highest BCUT2D eigenvalue weighted by Gasteiger charge is 2.24. The zero-order chi connectivity index (χ0) is 14.1. The third kappa shape index (κ3) is 2.25. The second-order valence-corrected chi connectivity index (χ2v) is 4.78. The minimum atomic E-state index is -0.347. The molecule has 1 heterocycles. The van der Waals surface area contributed by atoms with Gasteiger partial charge in [0.05, 0.1) is 12.2 Å². The fourth-order valence-corrected chi connectivity index (χ4v) is 2.29. The highest BCUT2D eigenvalue weighted by Crippen LogP contribution is 2.33. The van der Waals surface area contributed by atoms with Crippen LogP contribution in [0.4, 0.5) is 10.1 Å². The molecule has 102 valence electrons. The van der Waals surface area contributed by atoms with Gasteiger partial charge < -0.3 is 9.64 Å². The number of hydrogen-bond donors (Lipinski definition) is 0. The standard InChI is InChI=1S/C16H14FNO2/c1-11-2-7-15-14(10-11)18(8-9-20-15)16(19)12-3-5-13(17)6-4-12/h2-7,10H,8-9H2,1H3. The normalized spacial score (nSPS) is 13.6. The smallest absolute Gasteiger partial charge is 0.258 e. The summed E-state index contributed by atoms with van der Waals surface area (Å²) in [5, 5.41) is 0. The Bertz CT molecular complexity index is 652. The van der Waals surface area contributed by atoms with E-state index in [0.29, 0.717) is 24.5 Å². The van der Waals surface area contributed by atoms with Gasteiger partial charge in [-0.15, -0.1) is 0 Å². The first-order chi connectivity index (χ1) is 9.65. The van der Waals surface area contributed by atoms with Crippen molar-refractivity contribution in [3.05, 3.63) is 59.4 Å². The molecule has 2 aromatic carbocycles. The van der Waals surface area contributed by atoms with Gasteiger partial charge in [0.15, 0.2) is 0 Å². The van der Waals surface area contributed by atoms with Gasteiger partial charge in [-0.05, 0) is 48.9 Å². The van der Waals surface area contributed by atoms with Gasteiger partial charge in [0, 0.05) is 5.56 Å². The summed E-state index contributed by atoms with van der Waals surface area (Å²) in [5.74, 6) is 0.220. The summed E-state index contributed by atoms with van der Waals surface area (Å²) in [6.45, 7) is 2.92. The molecule has 2 aromatic rings. The van der Waals surface area contributed by atoms with Crippen LogP contribution in [-0.2, 0) is 0 Å². The summed E-state index contributed by atoms with van der Waals surface area (Å²) < 4.78 is 18.5. The lowest BCUT2D eigenvalue weighted by Crippen LogP contribution is -2.38. The van der Waals surface area contributed by atoms with E-state index in [1.807, 2.05) is 25.1 Å². The molecule has 1 aliphatic heterocycles. The molecule has 0 aliphatic carbocycles. The first-order valence-electron chi connectivity index (χ1n) is 6.46. The van der Waals surface area contributed by atoms with E-state index in [0.717, 1.165) is 11.3 Å². The van der Waals surface area contributed by atoms with Crippen molar-refractivity contribution in [1.29, 1.82) is 0 Å². The predicted octanol–water partition coefficient (Wildman–Crippen LogP) is 3.17. The highest BCUT2D eigenvalue weighted by atomic mass is 19.1. The molecule has 20 heavy (non-hydrogen) atoms. The van der Waals surface area contributed by atoms with E-state index < -0.39 is 0 Å². The maximum absolute atomic E-state index is 12.9. The monoisotopic (exact) mass is 271 g/mol. The van der Waals surface area contributed by atoms with Crippen molar-refractivity contribution < 1.29 is 13.9 Å². The van der Waals surface area contributed by atoms with Gasteiger partial charge in [-0.2, -0.15) is 0 Å². The van der Waals surface area contributed by atoms with Gasteiger partial charge in [-0.25, -0.2) is 4.39 Å². The molecule has 3 rings (SSSR count). The van der Waals surface area contributed by atoms with Crippen molar-refractivity contribution in [2.45, 2.75) is 6.92 Å². The number of carbonyl (C=O) groups excluding carboxylic acids is 1. The summed E-state index contributed by atoms with van der Waals surface area (Å²) >= 11 is 0. The number of halogens is 1. The van der Waals surface area contributed by atoms with E-state index in [1.165, 1.54) is 24.3 Å². The molecule has 0 spiro atoms. The number of rotatable bonds is 1. The molecule has 0 N–H and O–H groups in total. The van der Waals surface area contributed by atoms with Crippen LogP contribution in [0.15, 0.2) is 42.5 Å².